The highest BCUT2D eigenvalue weighted by molar-refractivity contribution is 6.31. The molecule has 0 saturated heterocycles. The predicted molar refractivity (Wildman–Crippen MR) is 198 cm³/mol. The van der Waals surface area contributed by atoms with Crippen LogP contribution in [0, 0.1) is 51.8 Å². The average molecular weight is 700 g/mol. The van der Waals surface area contributed by atoms with Crippen molar-refractivity contribution in [2.45, 2.75) is 132 Å². The van der Waals surface area contributed by atoms with Gasteiger partial charge in [-0.3, -0.25) is 9.59 Å². The van der Waals surface area contributed by atoms with Crippen molar-refractivity contribution >= 4 is 35.7 Å². The number of ether oxygens (including phenoxy) is 2. The molecule has 0 radical (unpaired) electrons. The number of carbonyl (C=O) groups excluding carboxylic acids is 1. The standard InChI is InChI=1S/C40H62ClN3O5/c1-25(2)29-17-20-40(36(48-8)44-43-22-10-9-11-28(41)24-42)21-18-30-31-13-12-26(3)39(7,33(31)15-14-32(30)35(29)40)19-16-27(4)49-34(45)23-38(5,6)37(46)47/h9,11,22,24-27,30-33H,10,12-21,23,42H2,1-8H3,(H,46,47)/b11-9-,28-24+,43-22+,44-36-. The van der Waals surface area contributed by atoms with E-state index in [0.717, 1.165) is 38.0 Å². The molecule has 9 heteroatoms. The van der Waals surface area contributed by atoms with Gasteiger partial charge in [0.15, 0.2) is 0 Å². The van der Waals surface area contributed by atoms with Crippen LogP contribution in [0.1, 0.15) is 126 Å². The first-order valence-electron chi connectivity index (χ1n) is 18.7. The maximum Gasteiger partial charge on any atom is 0.309 e. The molecular weight excluding hydrogens is 638 g/mol. The topological polar surface area (TPSA) is 124 Å². The van der Waals surface area contributed by atoms with Crippen LogP contribution in [0.15, 0.2) is 44.7 Å². The molecule has 8 nitrogen and oxygen atoms in total. The Hall–Kier alpha value is -2.61. The highest BCUT2D eigenvalue weighted by Gasteiger charge is 2.59. The van der Waals surface area contributed by atoms with Crippen LogP contribution >= 0.6 is 11.6 Å². The van der Waals surface area contributed by atoms with Crippen molar-refractivity contribution in [1.82, 2.24) is 0 Å². The average Bonchev–Trinajstić information content (AvgIpc) is 3.46. The Morgan fingerprint density at radius 2 is 1.86 bits per heavy atom. The zero-order chi connectivity index (χ0) is 36.1. The molecule has 274 valence electrons. The normalized spacial score (nSPS) is 33.1. The zero-order valence-corrected chi connectivity index (χ0v) is 32.0. The van der Waals surface area contributed by atoms with Gasteiger partial charge in [0.05, 0.1) is 35.5 Å². The van der Waals surface area contributed by atoms with Crippen molar-refractivity contribution in [3.63, 3.8) is 0 Å². The van der Waals surface area contributed by atoms with Crippen molar-refractivity contribution in [3.05, 3.63) is 34.5 Å². The third-order valence-electron chi connectivity index (χ3n) is 13.0. The van der Waals surface area contributed by atoms with E-state index in [1.54, 1.807) is 44.4 Å². The second-order valence-corrected chi connectivity index (χ2v) is 17.1. The van der Waals surface area contributed by atoms with Gasteiger partial charge < -0.3 is 20.3 Å². The smallest absolute Gasteiger partial charge is 0.309 e. The minimum Gasteiger partial charge on any atom is -0.482 e. The lowest BCUT2D eigenvalue weighted by molar-refractivity contribution is -0.159. The quantitative estimate of drug-likeness (QED) is 0.0493. The van der Waals surface area contributed by atoms with E-state index in [1.807, 2.05) is 13.0 Å². The summed E-state index contributed by atoms with van der Waals surface area (Å²) < 4.78 is 11.9. The molecule has 8 unspecified atom stereocenters. The summed E-state index contributed by atoms with van der Waals surface area (Å²) >= 11 is 5.96. The molecular formula is C40H62ClN3O5. The van der Waals surface area contributed by atoms with Gasteiger partial charge in [0.1, 0.15) is 0 Å². The minimum atomic E-state index is -1.13. The van der Waals surface area contributed by atoms with Gasteiger partial charge in [-0.2, -0.15) is 5.10 Å². The van der Waals surface area contributed by atoms with E-state index in [1.165, 1.54) is 38.3 Å². The van der Waals surface area contributed by atoms with Gasteiger partial charge in [-0.1, -0.05) is 56.5 Å². The summed E-state index contributed by atoms with van der Waals surface area (Å²) in [5.41, 5.74) is 7.54. The number of hydrogen-bond donors (Lipinski definition) is 2. The second kappa shape index (κ2) is 16.2. The summed E-state index contributed by atoms with van der Waals surface area (Å²) in [6.45, 7) is 14.7. The van der Waals surface area contributed by atoms with Crippen LogP contribution in [-0.4, -0.2) is 42.4 Å². The molecule has 0 amide bonds. The Morgan fingerprint density at radius 1 is 1.12 bits per heavy atom. The molecule has 0 spiro atoms. The summed E-state index contributed by atoms with van der Waals surface area (Å²) in [5, 5.41) is 19.1. The largest absolute Gasteiger partial charge is 0.482 e. The fraction of sp³-hybridized carbons (Fsp3) is 0.750. The molecule has 4 aliphatic rings. The number of carbonyl (C=O) groups is 2. The van der Waals surface area contributed by atoms with E-state index in [4.69, 9.17) is 31.9 Å². The summed E-state index contributed by atoms with van der Waals surface area (Å²) in [6.07, 6.45) is 18.1. The third-order valence-corrected chi connectivity index (χ3v) is 13.3. The van der Waals surface area contributed by atoms with Crippen LogP contribution in [0.3, 0.4) is 0 Å². The van der Waals surface area contributed by atoms with E-state index < -0.39 is 17.4 Å². The predicted octanol–water partition coefficient (Wildman–Crippen LogP) is 9.44. The highest BCUT2D eigenvalue weighted by Crippen LogP contribution is 2.66. The molecule has 3 fully saturated rings. The number of nitrogens with zero attached hydrogens (tertiary/aromatic N) is 2. The van der Waals surface area contributed by atoms with Crippen molar-refractivity contribution in [1.29, 1.82) is 0 Å². The summed E-state index contributed by atoms with van der Waals surface area (Å²) in [6, 6.07) is 0. The Labute approximate surface area is 300 Å². The Kier molecular flexibility index (Phi) is 12.9. The van der Waals surface area contributed by atoms with E-state index >= 15 is 0 Å². The van der Waals surface area contributed by atoms with E-state index in [2.05, 4.69) is 32.8 Å². The monoisotopic (exact) mass is 699 g/mol. The van der Waals surface area contributed by atoms with Gasteiger partial charge in [0.25, 0.3) is 0 Å². The van der Waals surface area contributed by atoms with Crippen LogP contribution < -0.4 is 5.73 Å². The molecule has 0 aromatic heterocycles. The number of fused-ring (bicyclic) bond motifs is 5. The van der Waals surface area contributed by atoms with Gasteiger partial charge in [-0.05, 0) is 132 Å². The summed E-state index contributed by atoms with van der Waals surface area (Å²) in [5.74, 6) is 2.95. The van der Waals surface area contributed by atoms with Gasteiger partial charge >= 0.3 is 11.9 Å². The number of halogens is 1. The van der Waals surface area contributed by atoms with Crippen LogP contribution in [0.5, 0.6) is 0 Å². The lowest BCUT2D eigenvalue weighted by atomic mass is 9.45. The first kappa shape index (κ1) is 39.2. The number of rotatable bonds is 13. The maximum atomic E-state index is 12.6. The van der Waals surface area contributed by atoms with Crippen LogP contribution in [0.4, 0.5) is 0 Å². The maximum absolute atomic E-state index is 12.6. The summed E-state index contributed by atoms with van der Waals surface area (Å²) in [4.78, 5) is 24.1. The number of nitrogens with two attached hydrogens (primary N) is 1. The van der Waals surface area contributed by atoms with Crippen LogP contribution in [0.2, 0.25) is 0 Å². The van der Waals surface area contributed by atoms with Crippen molar-refractivity contribution < 1.29 is 24.2 Å². The molecule has 0 aromatic rings. The molecule has 4 rings (SSSR count). The number of hydrogen-bond acceptors (Lipinski definition) is 7. The number of esters is 1. The van der Waals surface area contributed by atoms with Gasteiger partial charge in [-0.15, -0.1) is 5.10 Å². The van der Waals surface area contributed by atoms with Crippen LogP contribution in [0.25, 0.3) is 0 Å². The number of methoxy groups -OCH3 is 1. The number of allylic oxidation sites excluding steroid dienone is 4. The fourth-order valence-electron chi connectivity index (χ4n) is 10.1. The SMILES string of the molecule is CO/C(=N\N=C\C/C=C\C(Cl)=C/N)C12CCC(C(C)C)=C1C1CCC3C(CCC(C)C3(C)CCC(C)OC(=O)CC(C)(C)C(=O)O)C1CC2. The van der Waals surface area contributed by atoms with Crippen molar-refractivity contribution in [3.8, 4) is 0 Å². The second-order valence-electron chi connectivity index (χ2n) is 16.6. The number of carboxylic acid groups (broad SMARTS) is 1. The van der Waals surface area contributed by atoms with Crippen molar-refractivity contribution in [2.24, 2.45) is 67.7 Å². The fourth-order valence-corrected chi connectivity index (χ4v) is 10.2. The lowest BCUT2D eigenvalue weighted by Crippen LogP contribution is -2.52. The van der Waals surface area contributed by atoms with Gasteiger partial charge in [0.2, 0.25) is 5.90 Å². The van der Waals surface area contributed by atoms with E-state index in [0.29, 0.717) is 47.0 Å². The molecule has 0 heterocycles. The molecule has 3 N–H and O–H groups in total. The van der Waals surface area contributed by atoms with E-state index in [-0.39, 0.29) is 23.4 Å². The Morgan fingerprint density at radius 3 is 2.51 bits per heavy atom. The molecule has 0 bridgehead atoms. The molecule has 3 saturated carbocycles. The highest BCUT2D eigenvalue weighted by atomic mass is 35.5. The molecule has 8 atom stereocenters. The third kappa shape index (κ3) is 8.31. The molecule has 4 aliphatic carbocycles. The van der Waals surface area contributed by atoms with E-state index in [9.17, 15) is 14.7 Å². The zero-order valence-electron chi connectivity index (χ0n) is 31.3. The van der Waals surface area contributed by atoms with Crippen LogP contribution in [-0.2, 0) is 19.1 Å². The first-order chi connectivity index (χ1) is 23.1. The Balaban J connectivity index is 1.52. The molecule has 49 heavy (non-hydrogen) atoms. The molecule has 0 aliphatic heterocycles. The lowest BCUT2D eigenvalue weighted by Gasteiger charge is -2.59. The van der Waals surface area contributed by atoms with Crippen molar-refractivity contribution in [2.75, 3.05) is 7.11 Å². The minimum absolute atomic E-state index is 0.120. The number of carboxylic acids is 1. The number of aliphatic carboxylic acids is 1. The van der Waals surface area contributed by atoms with Gasteiger partial charge in [0, 0.05) is 18.8 Å². The molecule has 0 aromatic carbocycles. The summed E-state index contributed by atoms with van der Waals surface area (Å²) in [7, 11) is 1.75. The van der Waals surface area contributed by atoms with Gasteiger partial charge in [-0.25, -0.2) is 0 Å². The first-order valence-corrected chi connectivity index (χ1v) is 19.0. The Bertz CT molecular complexity index is 1370.